The number of rotatable bonds is 5. The number of imidazole rings is 1. The first kappa shape index (κ1) is 18.2. The summed E-state index contributed by atoms with van der Waals surface area (Å²) >= 11 is 6.04. The molecule has 0 atom stereocenters. The molecule has 0 bridgehead atoms. The van der Waals surface area contributed by atoms with Gasteiger partial charge in [0.1, 0.15) is 17.4 Å². The van der Waals surface area contributed by atoms with E-state index in [9.17, 15) is 4.39 Å². The van der Waals surface area contributed by atoms with Crippen LogP contribution in [0.2, 0.25) is 5.02 Å². The number of benzene rings is 2. The second kappa shape index (κ2) is 7.82. The Balaban J connectivity index is 1.81. The molecule has 0 unspecified atom stereocenters. The molecule has 0 amide bonds. The van der Waals surface area contributed by atoms with Crippen LogP contribution in [0.4, 0.5) is 4.39 Å². The maximum atomic E-state index is 13.6. The molecule has 0 saturated carbocycles. The number of ether oxygens (including phenoxy) is 1. The summed E-state index contributed by atoms with van der Waals surface area (Å²) in [6.07, 6.45) is 5.94. The molecule has 0 aliphatic carbocycles. The molecule has 0 aliphatic rings. The molecule has 0 fully saturated rings. The minimum Gasteiger partial charge on any atom is -0.496 e. The van der Waals surface area contributed by atoms with Crippen LogP contribution >= 0.6 is 11.6 Å². The van der Waals surface area contributed by atoms with E-state index >= 15 is 0 Å². The third kappa shape index (κ3) is 3.75. The monoisotopic (exact) mass is 393 g/mol. The molecule has 4 rings (SSSR count). The first-order chi connectivity index (χ1) is 13.6. The minimum absolute atomic E-state index is 0.335. The van der Waals surface area contributed by atoms with Gasteiger partial charge in [-0.15, -0.1) is 0 Å². The molecule has 0 aliphatic heterocycles. The zero-order valence-corrected chi connectivity index (χ0v) is 15.9. The first-order valence-electron chi connectivity index (χ1n) is 8.71. The summed E-state index contributed by atoms with van der Waals surface area (Å²) in [4.78, 5) is 8.99. The Morgan fingerprint density at radius 1 is 1.11 bits per heavy atom. The van der Waals surface area contributed by atoms with Crippen molar-refractivity contribution in [2.45, 2.75) is 6.42 Å². The standard InChI is InChI=1S/C22H17ClFN3O/c1-28-21-12-18(24)7-4-15(21)11-22-26-20(16-3-2-10-25-13-16)14-27(22)19-8-5-17(23)6-9-19/h2-10,12-14H,11H2,1H3. The topological polar surface area (TPSA) is 39.9 Å². The van der Waals surface area contributed by atoms with Gasteiger partial charge in [0.15, 0.2) is 0 Å². The van der Waals surface area contributed by atoms with Crippen LogP contribution in [0.25, 0.3) is 16.9 Å². The van der Waals surface area contributed by atoms with E-state index in [1.54, 1.807) is 18.5 Å². The fourth-order valence-electron chi connectivity index (χ4n) is 3.06. The van der Waals surface area contributed by atoms with Crippen LogP contribution in [-0.2, 0) is 6.42 Å². The molecule has 6 heteroatoms. The van der Waals surface area contributed by atoms with Crippen LogP contribution in [0.3, 0.4) is 0 Å². The zero-order chi connectivity index (χ0) is 19.5. The smallest absolute Gasteiger partial charge is 0.126 e. The molecule has 2 aromatic heterocycles. The van der Waals surface area contributed by atoms with Crippen molar-refractivity contribution in [1.82, 2.24) is 14.5 Å². The van der Waals surface area contributed by atoms with Crippen LogP contribution in [0.1, 0.15) is 11.4 Å². The summed E-state index contributed by atoms with van der Waals surface area (Å²) in [6, 6.07) is 15.9. The highest BCUT2D eigenvalue weighted by atomic mass is 35.5. The molecule has 4 nitrogen and oxygen atoms in total. The molecule has 28 heavy (non-hydrogen) atoms. The third-order valence-corrected chi connectivity index (χ3v) is 4.69. The van der Waals surface area contributed by atoms with Gasteiger partial charge >= 0.3 is 0 Å². The maximum Gasteiger partial charge on any atom is 0.126 e. The SMILES string of the molecule is COc1cc(F)ccc1Cc1nc(-c2cccnc2)cn1-c1ccc(Cl)cc1. The van der Waals surface area contributed by atoms with Crippen molar-refractivity contribution in [2.75, 3.05) is 7.11 Å². The van der Waals surface area contributed by atoms with Crippen LogP contribution < -0.4 is 4.74 Å². The second-order valence-electron chi connectivity index (χ2n) is 6.26. The normalized spacial score (nSPS) is 10.8. The van der Waals surface area contributed by atoms with Gasteiger partial charge in [-0.3, -0.25) is 4.98 Å². The summed E-state index contributed by atoms with van der Waals surface area (Å²) < 4.78 is 20.9. The lowest BCUT2D eigenvalue weighted by Crippen LogP contribution is -2.03. The van der Waals surface area contributed by atoms with Gasteiger partial charge in [-0.2, -0.15) is 0 Å². The van der Waals surface area contributed by atoms with Gasteiger partial charge in [-0.25, -0.2) is 9.37 Å². The Bertz CT molecular complexity index is 1090. The van der Waals surface area contributed by atoms with E-state index in [-0.39, 0.29) is 5.82 Å². The number of nitrogens with zero attached hydrogens (tertiary/aromatic N) is 3. The van der Waals surface area contributed by atoms with E-state index in [4.69, 9.17) is 21.3 Å². The maximum absolute atomic E-state index is 13.6. The number of pyridine rings is 1. The Labute approximate surface area is 167 Å². The Hall–Kier alpha value is -3.18. The summed E-state index contributed by atoms with van der Waals surface area (Å²) in [5.41, 5.74) is 3.51. The van der Waals surface area contributed by atoms with E-state index in [0.29, 0.717) is 17.2 Å². The summed E-state index contributed by atoms with van der Waals surface area (Å²) in [5, 5.41) is 0.665. The number of hydrogen-bond acceptors (Lipinski definition) is 3. The van der Waals surface area contributed by atoms with Crippen molar-refractivity contribution >= 4 is 11.6 Å². The molecule has 2 aromatic carbocycles. The first-order valence-corrected chi connectivity index (χ1v) is 9.09. The van der Waals surface area contributed by atoms with E-state index in [1.807, 2.05) is 47.2 Å². The predicted octanol–water partition coefficient (Wildman–Crippen LogP) is 5.33. The van der Waals surface area contributed by atoms with Crippen molar-refractivity contribution in [1.29, 1.82) is 0 Å². The summed E-state index contributed by atoms with van der Waals surface area (Å²) in [7, 11) is 1.53. The fraction of sp³-hybridized carbons (Fsp3) is 0.0909. The second-order valence-corrected chi connectivity index (χ2v) is 6.70. The lowest BCUT2D eigenvalue weighted by molar-refractivity contribution is 0.406. The summed E-state index contributed by atoms with van der Waals surface area (Å²) in [5.74, 6) is 0.956. The Kier molecular flexibility index (Phi) is 5.08. The van der Waals surface area contributed by atoms with Gasteiger partial charge in [0.05, 0.1) is 12.8 Å². The molecule has 0 spiro atoms. The molecular formula is C22H17ClFN3O. The van der Waals surface area contributed by atoms with Crippen LogP contribution in [-0.4, -0.2) is 21.6 Å². The minimum atomic E-state index is -0.335. The number of aromatic nitrogens is 3. The average molecular weight is 394 g/mol. The predicted molar refractivity (Wildman–Crippen MR) is 108 cm³/mol. The van der Waals surface area contributed by atoms with Gasteiger partial charge < -0.3 is 9.30 Å². The molecule has 140 valence electrons. The molecule has 0 N–H and O–H groups in total. The van der Waals surface area contributed by atoms with Gasteiger partial charge in [-0.1, -0.05) is 17.7 Å². The quantitative estimate of drug-likeness (QED) is 0.460. The van der Waals surface area contributed by atoms with Crippen molar-refractivity contribution in [3.63, 3.8) is 0 Å². The number of halogens is 2. The van der Waals surface area contributed by atoms with Crippen LogP contribution in [0, 0.1) is 5.82 Å². The van der Waals surface area contributed by atoms with Crippen LogP contribution in [0.15, 0.2) is 73.2 Å². The lowest BCUT2D eigenvalue weighted by atomic mass is 10.1. The third-order valence-electron chi connectivity index (χ3n) is 4.44. The molecule has 0 saturated heterocycles. The van der Waals surface area contributed by atoms with Gasteiger partial charge in [0.2, 0.25) is 0 Å². The van der Waals surface area contributed by atoms with E-state index in [1.165, 1.54) is 19.2 Å². The van der Waals surface area contributed by atoms with E-state index in [2.05, 4.69) is 4.98 Å². The fourth-order valence-corrected chi connectivity index (χ4v) is 3.18. The lowest BCUT2D eigenvalue weighted by Gasteiger charge is -2.11. The Morgan fingerprint density at radius 3 is 2.64 bits per heavy atom. The van der Waals surface area contributed by atoms with E-state index in [0.717, 1.165) is 28.3 Å². The number of hydrogen-bond donors (Lipinski definition) is 0. The zero-order valence-electron chi connectivity index (χ0n) is 15.1. The highest BCUT2D eigenvalue weighted by Gasteiger charge is 2.15. The van der Waals surface area contributed by atoms with Crippen molar-refractivity contribution < 1.29 is 9.13 Å². The molecule has 0 radical (unpaired) electrons. The number of methoxy groups -OCH3 is 1. The molecular weight excluding hydrogens is 377 g/mol. The van der Waals surface area contributed by atoms with Crippen molar-refractivity contribution in [3.8, 4) is 22.7 Å². The molecule has 2 heterocycles. The highest BCUT2D eigenvalue weighted by Crippen LogP contribution is 2.27. The molecule has 4 aromatic rings. The van der Waals surface area contributed by atoms with E-state index < -0.39 is 0 Å². The van der Waals surface area contributed by atoms with Gasteiger partial charge in [0.25, 0.3) is 0 Å². The van der Waals surface area contributed by atoms with Crippen molar-refractivity contribution in [2.24, 2.45) is 0 Å². The average Bonchev–Trinajstić information content (AvgIpc) is 3.14. The van der Waals surface area contributed by atoms with Gasteiger partial charge in [-0.05, 0) is 42.5 Å². The van der Waals surface area contributed by atoms with Crippen LogP contribution in [0.5, 0.6) is 5.75 Å². The Morgan fingerprint density at radius 2 is 1.93 bits per heavy atom. The van der Waals surface area contributed by atoms with Crippen molar-refractivity contribution in [3.05, 3.63) is 95.4 Å². The highest BCUT2D eigenvalue weighted by molar-refractivity contribution is 6.30. The van der Waals surface area contributed by atoms with Gasteiger partial charge in [0, 0.05) is 52.9 Å². The summed E-state index contributed by atoms with van der Waals surface area (Å²) in [6.45, 7) is 0. The largest absolute Gasteiger partial charge is 0.496 e.